The number of anilines is 1. The van der Waals surface area contributed by atoms with Gasteiger partial charge in [0.15, 0.2) is 9.84 Å². The zero-order valence-electron chi connectivity index (χ0n) is 10.7. The molecule has 0 aliphatic carbocycles. The van der Waals surface area contributed by atoms with Crippen molar-refractivity contribution in [2.45, 2.75) is 17.6 Å². The van der Waals surface area contributed by atoms with E-state index in [0.717, 1.165) is 5.56 Å². The predicted octanol–water partition coefficient (Wildman–Crippen LogP) is 3.34. The fraction of sp³-hybridized carbons (Fsp3) is 0.143. The van der Waals surface area contributed by atoms with Gasteiger partial charge in [-0.05, 0) is 36.2 Å². The van der Waals surface area contributed by atoms with Crippen LogP contribution in [0.3, 0.4) is 0 Å². The third-order valence-electron chi connectivity index (χ3n) is 2.88. The minimum atomic E-state index is -3.68. The molecule has 0 fully saturated rings. The Balaban J connectivity index is 2.44. The van der Waals surface area contributed by atoms with Gasteiger partial charge >= 0.3 is 0 Å². The molecule has 0 aliphatic rings. The van der Waals surface area contributed by atoms with Gasteiger partial charge in [0.1, 0.15) is 5.82 Å². The molecular formula is C14H13ClFNO2S. The Morgan fingerprint density at radius 2 is 1.95 bits per heavy atom. The summed E-state index contributed by atoms with van der Waals surface area (Å²) >= 11 is 5.78. The monoisotopic (exact) mass is 313 g/mol. The summed E-state index contributed by atoms with van der Waals surface area (Å²) in [6.07, 6.45) is 0. The van der Waals surface area contributed by atoms with Crippen LogP contribution in [-0.4, -0.2) is 8.42 Å². The molecule has 2 aromatic carbocycles. The highest BCUT2D eigenvalue weighted by Crippen LogP contribution is 2.27. The molecule has 0 unspecified atom stereocenters. The molecule has 3 nitrogen and oxygen atoms in total. The first-order valence-electron chi connectivity index (χ1n) is 5.83. The lowest BCUT2D eigenvalue weighted by Crippen LogP contribution is -2.08. The van der Waals surface area contributed by atoms with Crippen molar-refractivity contribution in [3.63, 3.8) is 0 Å². The van der Waals surface area contributed by atoms with Crippen molar-refractivity contribution in [2.75, 3.05) is 5.73 Å². The molecule has 0 spiro atoms. The SMILES string of the molecule is Cc1ccc(S(=O)(=O)Cc2cccc(F)c2Cl)c(N)c1. The fourth-order valence-electron chi connectivity index (χ4n) is 1.89. The van der Waals surface area contributed by atoms with Crippen LogP contribution >= 0.6 is 11.6 Å². The molecule has 6 heteroatoms. The smallest absolute Gasteiger partial charge is 0.184 e. The summed E-state index contributed by atoms with van der Waals surface area (Å²) in [4.78, 5) is 0.0310. The number of nitrogens with two attached hydrogens (primary N) is 1. The Bertz CT molecular complexity index is 760. The van der Waals surface area contributed by atoms with E-state index in [1.807, 2.05) is 6.92 Å². The topological polar surface area (TPSA) is 60.2 Å². The first-order chi connectivity index (χ1) is 9.31. The van der Waals surface area contributed by atoms with Crippen LogP contribution in [0.4, 0.5) is 10.1 Å². The van der Waals surface area contributed by atoms with Gasteiger partial charge in [0.05, 0.1) is 21.4 Å². The maximum Gasteiger partial charge on any atom is 0.184 e. The van der Waals surface area contributed by atoms with Gasteiger partial charge in [-0.15, -0.1) is 0 Å². The molecule has 0 heterocycles. The van der Waals surface area contributed by atoms with Crippen LogP contribution in [0, 0.1) is 12.7 Å². The summed E-state index contributed by atoms with van der Waals surface area (Å²) in [5.41, 5.74) is 7.00. The average Bonchev–Trinajstić information content (AvgIpc) is 2.34. The van der Waals surface area contributed by atoms with Gasteiger partial charge in [-0.25, -0.2) is 12.8 Å². The quantitative estimate of drug-likeness (QED) is 0.884. The summed E-state index contributed by atoms with van der Waals surface area (Å²) in [5, 5.41) is -0.179. The van der Waals surface area contributed by atoms with Crippen molar-refractivity contribution in [3.8, 4) is 0 Å². The predicted molar refractivity (Wildman–Crippen MR) is 77.9 cm³/mol. The minimum absolute atomic E-state index is 0.0310. The van der Waals surface area contributed by atoms with Crippen molar-refractivity contribution in [1.29, 1.82) is 0 Å². The van der Waals surface area contributed by atoms with Gasteiger partial charge in [0.25, 0.3) is 0 Å². The molecule has 0 aromatic heterocycles. The van der Waals surface area contributed by atoms with Gasteiger partial charge in [0.2, 0.25) is 0 Å². The van der Waals surface area contributed by atoms with Crippen molar-refractivity contribution in [3.05, 3.63) is 58.4 Å². The van der Waals surface area contributed by atoms with Gasteiger partial charge in [-0.1, -0.05) is 29.8 Å². The van der Waals surface area contributed by atoms with Crippen LogP contribution in [-0.2, 0) is 15.6 Å². The standard InChI is InChI=1S/C14H13ClFNO2S/c1-9-5-6-13(12(17)7-9)20(18,19)8-10-3-2-4-11(16)14(10)15/h2-7H,8,17H2,1H3. The lowest BCUT2D eigenvalue weighted by Gasteiger charge is -2.09. The Hall–Kier alpha value is -1.59. The highest BCUT2D eigenvalue weighted by Gasteiger charge is 2.20. The molecule has 0 saturated carbocycles. The molecule has 2 aromatic rings. The largest absolute Gasteiger partial charge is 0.398 e. The lowest BCUT2D eigenvalue weighted by molar-refractivity contribution is 0.595. The first-order valence-corrected chi connectivity index (χ1v) is 7.86. The van der Waals surface area contributed by atoms with Crippen LogP contribution in [0.2, 0.25) is 5.02 Å². The van der Waals surface area contributed by atoms with Gasteiger partial charge in [-0.3, -0.25) is 0 Å². The van der Waals surface area contributed by atoms with Crippen molar-refractivity contribution in [2.24, 2.45) is 0 Å². The Kier molecular flexibility index (Phi) is 4.01. The summed E-state index contributed by atoms with van der Waals surface area (Å²) in [6, 6.07) is 8.78. The number of sulfone groups is 1. The molecule has 0 saturated heterocycles. The van der Waals surface area contributed by atoms with E-state index < -0.39 is 21.4 Å². The second kappa shape index (κ2) is 5.42. The van der Waals surface area contributed by atoms with E-state index in [-0.39, 0.29) is 21.2 Å². The maximum atomic E-state index is 13.3. The van der Waals surface area contributed by atoms with Crippen LogP contribution in [0.1, 0.15) is 11.1 Å². The number of nitrogen functional groups attached to an aromatic ring is 1. The number of hydrogen-bond acceptors (Lipinski definition) is 3. The molecule has 106 valence electrons. The first kappa shape index (κ1) is 14.8. The molecule has 0 amide bonds. The van der Waals surface area contributed by atoms with Crippen LogP contribution in [0.5, 0.6) is 0 Å². The number of benzene rings is 2. The average molecular weight is 314 g/mol. The molecule has 2 N–H and O–H groups in total. The molecule has 0 bridgehead atoms. The molecule has 2 rings (SSSR count). The normalized spacial score (nSPS) is 11.6. The highest BCUT2D eigenvalue weighted by atomic mass is 35.5. The second-order valence-electron chi connectivity index (χ2n) is 4.51. The zero-order valence-corrected chi connectivity index (χ0v) is 12.3. The lowest BCUT2D eigenvalue weighted by atomic mass is 10.2. The summed E-state index contributed by atoms with van der Waals surface area (Å²) in [7, 11) is -3.68. The van der Waals surface area contributed by atoms with Crippen LogP contribution in [0.15, 0.2) is 41.3 Å². The number of aryl methyl sites for hydroxylation is 1. The van der Waals surface area contributed by atoms with Gasteiger partial charge in [0, 0.05) is 0 Å². The fourth-order valence-corrected chi connectivity index (χ4v) is 3.66. The molecular weight excluding hydrogens is 301 g/mol. The number of hydrogen-bond donors (Lipinski definition) is 1. The van der Waals surface area contributed by atoms with Gasteiger partial charge < -0.3 is 5.73 Å². The number of halogens is 2. The Labute approximate surface area is 122 Å². The van der Waals surface area contributed by atoms with E-state index >= 15 is 0 Å². The minimum Gasteiger partial charge on any atom is -0.398 e. The van der Waals surface area contributed by atoms with E-state index in [2.05, 4.69) is 0 Å². The summed E-state index contributed by atoms with van der Waals surface area (Å²) < 4.78 is 38.0. The summed E-state index contributed by atoms with van der Waals surface area (Å²) in [6.45, 7) is 1.82. The van der Waals surface area contributed by atoms with E-state index in [9.17, 15) is 12.8 Å². The third kappa shape index (κ3) is 2.94. The maximum absolute atomic E-state index is 13.3. The van der Waals surface area contributed by atoms with Crippen molar-refractivity contribution >= 4 is 27.1 Å². The van der Waals surface area contributed by atoms with E-state index in [1.54, 1.807) is 12.1 Å². The van der Waals surface area contributed by atoms with Gasteiger partial charge in [-0.2, -0.15) is 0 Å². The Morgan fingerprint density at radius 1 is 1.25 bits per heavy atom. The number of rotatable bonds is 3. The van der Waals surface area contributed by atoms with Crippen LogP contribution in [0.25, 0.3) is 0 Å². The van der Waals surface area contributed by atoms with E-state index in [0.29, 0.717) is 0 Å². The molecule has 0 aliphatic heterocycles. The van der Waals surface area contributed by atoms with E-state index in [1.165, 1.54) is 24.3 Å². The molecule has 0 atom stereocenters. The third-order valence-corrected chi connectivity index (χ3v) is 5.03. The molecule has 20 heavy (non-hydrogen) atoms. The van der Waals surface area contributed by atoms with Crippen molar-refractivity contribution in [1.82, 2.24) is 0 Å². The summed E-state index contributed by atoms with van der Waals surface area (Å²) in [5.74, 6) is -1.03. The molecule has 0 radical (unpaired) electrons. The second-order valence-corrected chi connectivity index (χ2v) is 6.85. The van der Waals surface area contributed by atoms with Crippen LogP contribution < -0.4 is 5.73 Å². The highest BCUT2D eigenvalue weighted by molar-refractivity contribution is 7.90. The Morgan fingerprint density at radius 3 is 2.60 bits per heavy atom. The zero-order chi connectivity index (χ0) is 14.9. The van der Waals surface area contributed by atoms with Crippen molar-refractivity contribution < 1.29 is 12.8 Å². The van der Waals surface area contributed by atoms with E-state index in [4.69, 9.17) is 17.3 Å².